The summed E-state index contributed by atoms with van der Waals surface area (Å²) in [5, 5.41) is 0. The molecule has 6 nitrogen and oxygen atoms in total. The van der Waals surface area contributed by atoms with E-state index in [0.717, 1.165) is 0 Å². The van der Waals surface area contributed by atoms with Gasteiger partial charge in [0.05, 0.1) is 11.8 Å². The van der Waals surface area contributed by atoms with Gasteiger partial charge in [0.25, 0.3) is 0 Å². The SMILES string of the molecule is CCOC1CC(NS(=O)(=O)c2cnccc2N)C1(C)C. The zero-order valence-electron chi connectivity index (χ0n) is 12.0. The van der Waals surface area contributed by atoms with E-state index >= 15 is 0 Å². The standard InChI is InChI=1S/C13H21N3O3S/c1-4-19-12-7-11(13(12,2)3)16-20(17,18)10-8-15-6-5-9(10)14/h5-6,8,11-12,16H,4,7H2,1-3H3,(H2,14,15). The molecular formula is C13H21N3O3S. The first-order chi connectivity index (χ1) is 9.29. The van der Waals surface area contributed by atoms with Crippen molar-refractivity contribution in [3.63, 3.8) is 0 Å². The van der Waals surface area contributed by atoms with Crippen molar-refractivity contribution in [2.24, 2.45) is 5.41 Å². The van der Waals surface area contributed by atoms with E-state index < -0.39 is 10.0 Å². The number of rotatable bonds is 5. The van der Waals surface area contributed by atoms with Gasteiger partial charge in [-0.3, -0.25) is 4.98 Å². The van der Waals surface area contributed by atoms with Crippen molar-refractivity contribution in [2.75, 3.05) is 12.3 Å². The Morgan fingerprint density at radius 3 is 2.80 bits per heavy atom. The van der Waals surface area contributed by atoms with E-state index in [9.17, 15) is 8.42 Å². The molecule has 2 atom stereocenters. The zero-order valence-corrected chi connectivity index (χ0v) is 12.8. The van der Waals surface area contributed by atoms with Gasteiger partial charge in [0.15, 0.2) is 0 Å². The third kappa shape index (κ3) is 2.65. The van der Waals surface area contributed by atoms with Crippen LogP contribution in [0.4, 0.5) is 5.69 Å². The highest BCUT2D eigenvalue weighted by Crippen LogP contribution is 2.43. The molecule has 0 aliphatic heterocycles. The van der Waals surface area contributed by atoms with Crippen LogP contribution in [0.1, 0.15) is 27.2 Å². The maximum atomic E-state index is 12.3. The second-order valence-corrected chi connectivity index (χ2v) is 7.27. The van der Waals surface area contributed by atoms with Crippen molar-refractivity contribution in [1.29, 1.82) is 0 Å². The summed E-state index contributed by atoms with van der Waals surface area (Å²) in [6.45, 7) is 6.56. The molecule has 0 aromatic carbocycles. The van der Waals surface area contributed by atoms with Gasteiger partial charge >= 0.3 is 0 Å². The van der Waals surface area contributed by atoms with Crippen LogP contribution in [0.15, 0.2) is 23.4 Å². The van der Waals surface area contributed by atoms with Crippen molar-refractivity contribution in [3.05, 3.63) is 18.5 Å². The van der Waals surface area contributed by atoms with Crippen LogP contribution in [-0.2, 0) is 14.8 Å². The van der Waals surface area contributed by atoms with E-state index in [2.05, 4.69) is 9.71 Å². The summed E-state index contributed by atoms with van der Waals surface area (Å²) in [5.74, 6) is 0. The van der Waals surface area contributed by atoms with Gasteiger partial charge in [0, 0.05) is 30.5 Å². The third-order valence-electron chi connectivity index (χ3n) is 3.95. The average Bonchev–Trinajstić information content (AvgIpc) is 2.38. The number of aromatic nitrogens is 1. The van der Waals surface area contributed by atoms with Crippen LogP contribution < -0.4 is 10.5 Å². The molecule has 1 saturated carbocycles. The molecule has 112 valence electrons. The average molecular weight is 299 g/mol. The first-order valence-corrected chi connectivity index (χ1v) is 8.10. The summed E-state index contributed by atoms with van der Waals surface area (Å²) in [7, 11) is -3.65. The van der Waals surface area contributed by atoms with E-state index in [4.69, 9.17) is 10.5 Å². The van der Waals surface area contributed by atoms with Crippen LogP contribution in [0.2, 0.25) is 0 Å². The van der Waals surface area contributed by atoms with Gasteiger partial charge in [-0.1, -0.05) is 13.8 Å². The smallest absolute Gasteiger partial charge is 0.244 e. The predicted octanol–water partition coefficient (Wildman–Crippen LogP) is 1.15. The Kier molecular flexibility index (Phi) is 4.04. The fraction of sp³-hybridized carbons (Fsp3) is 0.615. The Morgan fingerprint density at radius 2 is 2.25 bits per heavy atom. The van der Waals surface area contributed by atoms with Crippen LogP contribution in [0.5, 0.6) is 0 Å². The van der Waals surface area contributed by atoms with Gasteiger partial charge in [-0.25, -0.2) is 13.1 Å². The molecule has 1 aliphatic carbocycles. The number of hydrogen-bond acceptors (Lipinski definition) is 5. The lowest BCUT2D eigenvalue weighted by atomic mass is 9.65. The van der Waals surface area contributed by atoms with Gasteiger partial charge in [-0.05, 0) is 19.4 Å². The summed E-state index contributed by atoms with van der Waals surface area (Å²) in [6.07, 6.45) is 3.47. The summed E-state index contributed by atoms with van der Waals surface area (Å²) in [6, 6.07) is 1.31. The molecule has 0 spiro atoms. The Morgan fingerprint density at radius 1 is 1.55 bits per heavy atom. The lowest BCUT2D eigenvalue weighted by Gasteiger charge is -2.51. The lowest BCUT2D eigenvalue weighted by Crippen LogP contribution is -2.61. The minimum Gasteiger partial charge on any atom is -0.398 e. The van der Waals surface area contributed by atoms with Crippen LogP contribution >= 0.6 is 0 Å². The molecule has 1 aromatic rings. The second-order valence-electron chi connectivity index (χ2n) is 5.59. The molecule has 0 saturated heterocycles. The number of nitrogen functional groups attached to an aromatic ring is 1. The van der Waals surface area contributed by atoms with Gasteiger partial charge in [-0.15, -0.1) is 0 Å². The van der Waals surface area contributed by atoms with Gasteiger partial charge in [-0.2, -0.15) is 0 Å². The second kappa shape index (κ2) is 5.31. The van der Waals surface area contributed by atoms with E-state index in [1.54, 1.807) is 0 Å². The van der Waals surface area contributed by atoms with Crippen molar-refractivity contribution < 1.29 is 13.2 Å². The number of nitrogens with one attached hydrogen (secondary N) is 1. The number of nitrogens with zero attached hydrogens (tertiary/aromatic N) is 1. The minimum atomic E-state index is -3.65. The van der Waals surface area contributed by atoms with Crippen LogP contribution in [-0.4, -0.2) is 32.2 Å². The van der Waals surface area contributed by atoms with Gasteiger partial charge < -0.3 is 10.5 Å². The fourth-order valence-electron chi connectivity index (χ4n) is 2.44. The first kappa shape index (κ1) is 15.2. The molecule has 1 fully saturated rings. The summed E-state index contributed by atoms with van der Waals surface area (Å²) in [5.41, 5.74) is 5.66. The molecule has 1 aromatic heterocycles. The highest BCUT2D eigenvalue weighted by molar-refractivity contribution is 7.89. The topological polar surface area (TPSA) is 94.3 Å². The highest BCUT2D eigenvalue weighted by Gasteiger charge is 2.50. The van der Waals surface area contributed by atoms with Crippen molar-refractivity contribution in [2.45, 2.75) is 44.2 Å². The molecule has 3 N–H and O–H groups in total. The number of ether oxygens (including phenoxy) is 1. The van der Waals surface area contributed by atoms with E-state index in [1.165, 1.54) is 18.5 Å². The molecule has 2 rings (SSSR count). The maximum Gasteiger partial charge on any atom is 0.244 e. The van der Waals surface area contributed by atoms with Crippen molar-refractivity contribution in [3.8, 4) is 0 Å². The highest BCUT2D eigenvalue weighted by atomic mass is 32.2. The molecule has 2 unspecified atom stereocenters. The predicted molar refractivity (Wildman–Crippen MR) is 76.6 cm³/mol. The van der Waals surface area contributed by atoms with Gasteiger partial charge in [0.1, 0.15) is 4.90 Å². The minimum absolute atomic E-state index is 0.0238. The molecule has 0 radical (unpaired) electrons. The third-order valence-corrected chi connectivity index (χ3v) is 5.46. The lowest BCUT2D eigenvalue weighted by molar-refractivity contribution is -0.108. The van der Waals surface area contributed by atoms with E-state index in [0.29, 0.717) is 13.0 Å². The first-order valence-electron chi connectivity index (χ1n) is 6.62. The molecule has 0 bridgehead atoms. The van der Waals surface area contributed by atoms with Crippen LogP contribution in [0.3, 0.4) is 0 Å². The Balaban J connectivity index is 2.14. The van der Waals surface area contributed by atoms with E-state index in [-0.39, 0.29) is 28.1 Å². The molecule has 0 amide bonds. The van der Waals surface area contributed by atoms with Crippen LogP contribution in [0, 0.1) is 5.41 Å². The molecule has 7 heteroatoms. The Bertz CT molecular complexity index is 586. The zero-order chi connectivity index (χ0) is 15.0. The molecule has 20 heavy (non-hydrogen) atoms. The number of sulfonamides is 1. The number of nitrogens with two attached hydrogens (primary N) is 1. The van der Waals surface area contributed by atoms with Crippen molar-refractivity contribution in [1.82, 2.24) is 9.71 Å². The normalized spacial score (nSPS) is 25.1. The summed E-state index contributed by atoms with van der Waals surface area (Å²) in [4.78, 5) is 3.84. The molecule has 1 aliphatic rings. The number of pyridine rings is 1. The number of hydrogen-bond donors (Lipinski definition) is 2. The van der Waals surface area contributed by atoms with E-state index in [1.807, 2.05) is 20.8 Å². The van der Waals surface area contributed by atoms with Crippen LogP contribution in [0.25, 0.3) is 0 Å². The quantitative estimate of drug-likeness (QED) is 0.850. The Hall–Kier alpha value is -1.18. The molecular weight excluding hydrogens is 278 g/mol. The van der Waals surface area contributed by atoms with Gasteiger partial charge in [0.2, 0.25) is 10.0 Å². The fourth-order valence-corrected chi connectivity index (χ4v) is 3.91. The summed E-state index contributed by atoms with van der Waals surface area (Å²) < 4.78 is 33.0. The Labute approximate surface area is 119 Å². The molecule has 1 heterocycles. The summed E-state index contributed by atoms with van der Waals surface area (Å²) >= 11 is 0. The maximum absolute atomic E-state index is 12.3. The monoisotopic (exact) mass is 299 g/mol. The van der Waals surface area contributed by atoms with Crippen molar-refractivity contribution >= 4 is 15.7 Å². The number of anilines is 1. The largest absolute Gasteiger partial charge is 0.398 e.